The van der Waals surface area contributed by atoms with Crippen LogP contribution in [0.1, 0.15) is 5.56 Å². The Kier molecular flexibility index (Phi) is 2.16. The lowest BCUT2D eigenvalue weighted by Crippen LogP contribution is -2.06. The fraction of sp³-hybridized carbons (Fsp3) is 0.143. The number of hydrogen-bond acceptors (Lipinski definition) is 5. The molecule has 0 aliphatic rings. The average Bonchev–Trinajstić information content (AvgIpc) is 2.58. The van der Waals surface area contributed by atoms with Crippen molar-refractivity contribution in [2.45, 2.75) is 6.18 Å². The van der Waals surface area contributed by atoms with Crippen molar-refractivity contribution in [1.29, 1.82) is 0 Å². The number of rotatable bonds is 1. The molecule has 0 saturated heterocycles. The third-order valence-corrected chi connectivity index (χ3v) is 2.04. The van der Waals surface area contributed by atoms with E-state index in [0.717, 1.165) is 0 Å². The monoisotopic (exact) mass is 248 g/mol. The number of nitrogens with zero attached hydrogens (tertiary/aromatic N) is 4. The second kappa shape index (κ2) is 3.30. The summed E-state index contributed by atoms with van der Waals surface area (Å²) < 4.78 is 37.3. The van der Waals surface area contributed by atoms with Crippen molar-refractivity contribution in [3.63, 3.8) is 0 Å². The standard InChI is InChI=1S/C7H3F3N4O3/c8-7(9,10)3-1-4-6(11-12-13(4)15)5(2-3)14(16)17/h1-2,15H. The SMILES string of the molecule is O=[N+]([O-])c1cc(C(F)(F)F)cc2c1nnn2O. The Morgan fingerprint density at radius 1 is 1.41 bits per heavy atom. The molecule has 1 N–H and O–H groups in total. The van der Waals surface area contributed by atoms with Crippen LogP contribution >= 0.6 is 0 Å². The second-order valence-corrected chi connectivity index (χ2v) is 3.10. The molecule has 0 amide bonds. The van der Waals surface area contributed by atoms with Gasteiger partial charge in [-0.1, -0.05) is 4.85 Å². The van der Waals surface area contributed by atoms with Crippen LogP contribution in [-0.4, -0.2) is 25.3 Å². The van der Waals surface area contributed by atoms with E-state index in [1.807, 2.05) is 0 Å². The van der Waals surface area contributed by atoms with Gasteiger partial charge in [0.05, 0.1) is 10.5 Å². The Labute approximate surface area is 90.2 Å². The summed E-state index contributed by atoms with van der Waals surface area (Å²) in [6.07, 6.45) is -4.76. The molecule has 2 aromatic rings. The van der Waals surface area contributed by atoms with E-state index in [-0.39, 0.29) is 4.85 Å². The zero-order valence-electron chi connectivity index (χ0n) is 7.84. The minimum Gasteiger partial charge on any atom is -0.410 e. The smallest absolute Gasteiger partial charge is 0.410 e. The minimum absolute atomic E-state index is 0.0531. The second-order valence-electron chi connectivity index (χ2n) is 3.10. The van der Waals surface area contributed by atoms with Crippen LogP contribution in [0.15, 0.2) is 12.1 Å². The van der Waals surface area contributed by atoms with Crippen molar-refractivity contribution >= 4 is 16.7 Å². The van der Waals surface area contributed by atoms with Crippen LogP contribution in [0.4, 0.5) is 18.9 Å². The van der Waals surface area contributed by atoms with E-state index in [2.05, 4.69) is 10.3 Å². The Bertz CT molecular complexity index is 606. The Balaban J connectivity index is 2.83. The predicted molar refractivity (Wildman–Crippen MR) is 46.4 cm³/mol. The summed E-state index contributed by atoms with van der Waals surface area (Å²) in [6, 6.07) is 0.874. The molecule has 0 aliphatic heterocycles. The van der Waals surface area contributed by atoms with Crippen LogP contribution in [0, 0.1) is 10.1 Å². The molecule has 0 fully saturated rings. The van der Waals surface area contributed by atoms with E-state index in [1.165, 1.54) is 0 Å². The highest BCUT2D eigenvalue weighted by atomic mass is 19.4. The number of hydrogen-bond donors (Lipinski definition) is 1. The molecular formula is C7H3F3N4O3. The van der Waals surface area contributed by atoms with Gasteiger partial charge in [-0.05, 0) is 11.3 Å². The lowest BCUT2D eigenvalue weighted by molar-refractivity contribution is -0.383. The topological polar surface area (TPSA) is 94.1 Å². The van der Waals surface area contributed by atoms with E-state index in [1.54, 1.807) is 0 Å². The summed E-state index contributed by atoms with van der Waals surface area (Å²) in [5.41, 5.74) is -3.01. The fourth-order valence-corrected chi connectivity index (χ4v) is 1.30. The summed E-state index contributed by atoms with van der Waals surface area (Å²) in [5.74, 6) is 0. The molecule has 2 rings (SSSR count). The van der Waals surface area contributed by atoms with Crippen molar-refractivity contribution in [2.24, 2.45) is 0 Å². The summed E-state index contributed by atoms with van der Waals surface area (Å²) in [4.78, 5) is 9.61. The highest BCUT2D eigenvalue weighted by Gasteiger charge is 2.34. The van der Waals surface area contributed by atoms with Gasteiger partial charge < -0.3 is 5.21 Å². The van der Waals surface area contributed by atoms with Gasteiger partial charge in [0.15, 0.2) is 5.52 Å². The van der Waals surface area contributed by atoms with Crippen molar-refractivity contribution in [1.82, 2.24) is 15.2 Å². The summed E-state index contributed by atoms with van der Waals surface area (Å²) in [6.45, 7) is 0. The predicted octanol–water partition coefficient (Wildman–Crippen LogP) is 1.60. The first-order valence-corrected chi connectivity index (χ1v) is 4.11. The van der Waals surface area contributed by atoms with E-state index in [4.69, 9.17) is 5.21 Å². The fourth-order valence-electron chi connectivity index (χ4n) is 1.30. The molecule has 10 heteroatoms. The quantitative estimate of drug-likeness (QED) is 0.469. The summed E-state index contributed by atoms with van der Waals surface area (Å²) in [7, 11) is 0. The first kappa shape index (κ1) is 11.1. The van der Waals surface area contributed by atoms with Crippen LogP contribution in [0.5, 0.6) is 0 Å². The van der Waals surface area contributed by atoms with Crippen LogP contribution < -0.4 is 0 Å². The zero-order valence-corrected chi connectivity index (χ0v) is 7.84. The molecule has 0 spiro atoms. The number of nitro benzene ring substituents is 1. The highest BCUT2D eigenvalue weighted by Crippen LogP contribution is 2.35. The van der Waals surface area contributed by atoms with Crippen LogP contribution in [0.3, 0.4) is 0 Å². The van der Waals surface area contributed by atoms with Gasteiger partial charge in [0.2, 0.25) is 0 Å². The summed E-state index contributed by atoms with van der Waals surface area (Å²) in [5, 5.41) is 25.9. The van der Waals surface area contributed by atoms with Crippen molar-refractivity contribution in [2.75, 3.05) is 0 Å². The van der Waals surface area contributed by atoms with Crippen LogP contribution in [0.2, 0.25) is 0 Å². The maximum Gasteiger partial charge on any atom is 0.416 e. The van der Waals surface area contributed by atoms with Crippen molar-refractivity contribution < 1.29 is 23.3 Å². The third kappa shape index (κ3) is 1.73. The lowest BCUT2D eigenvalue weighted by atomic mass is 10.1. The highest BCUT2D eigenvalue weighted by molar-refractivity contribution is 5.84. The van der Waals surface area contributed by atoms with Gasteiger partial charge in [-0.25, -0.2) is 0 Å². The number of nitro groups is 1. The first-order valence-electron chi connectivity index (χ1n) is 4.11. The third-order valence-electron chi connectivity index (χ3n) is 2.04. The first-order chi connectivity index (χ1) is 7.80. The average molecular weight is 248 g/mol. The van der Waals surface area contributed by atoms with E-state index in [0.29, 0.717) is 12.1 Å². The van der Waals surface area contributed by atoms with Gasteiger partial charge in [0.25, 0.3) is 5.69 Å². The van der Waals surface area contributed by atoms with Gasteiger partial charge in [-0.15, -0.1) is 5.10 Å². The molecule has 0 aliphatic carbocycles. The lowest BCUT2D eigenvalue weighted by Gasteiger charge is -2.05. The zero-order chi connectivity index (χ0) is 12.8. The normalized spacial score (nSPS) is 11.9. The Hall–Kier alpha value is -2.39. The molecule has 0 radical (unpaired) electrons. The molecule has 1 heterocycles. The van der Waals surface area contributed by atoms with E-state index in [9.17, 15) is 23.3 Å². The Morgan fingerprint density at radius 2 is 2.06 bits per heavy atom. The number of non-ortho nitro benzene ring substituents is 1. The molecule has 0 bridgehead atoms. The van der Waals surface area contributed by atoms with Gasteiger partial charge >= 0.3 is 6.18 Å². The largest absolute Gasteiger partial charge is 0.416 e. The molecule has 1 aromatic carbocycles. The number of fused-ring (bicyclic) bond motifs is 1. The van der Waals surface area contributed by atoms with Gasteiger partial charge in [-0.3, -0.25) is 10.1 Å². The molecule has 0 unspecified atom stereocenters. The maximum absolute atomic E-state index is 12.4. The van der Waals surface area contributed by atoms with Gasteiger partial charge in [0.1, 0.15) is 5.52 Å². The number of alkyl halides is 3. The molecule has 90 valence electrons. The molecule has 17 heavy (non-hydrogen) atoms. The molecular weight excluding hydrogens is 245 g/mol. The maximum atomic E-state index is 12.4. The van der Waals surface area contributed by atoms with Gasteiger partial charge in [0, 0.05) is 6.07 Å². The van der Waals surface area contributed by atoms with E-state index < -0.39 is 33.4 Å². The molecule has 7 nitrogen and oxygen atoms in total. The van der Waals surface area contributed by atoms with Crippen LogP contribution in [0.25, 0.3) is 11.0 Å². The van der Waals surface area contributed by atoms with Crippen LogP contribution in [-0.2, 0) is 6.18 Å². The molecule has 1 aromatic heterocycles. The molecule has 0 saturated carbocycles. The molecule has 0 atom stereocenters. The van der Waals surface area contributed by atoms with Crippen molar-refractivity contribution in [3.05, 3.63) is 27.8 Å². The minimum atomic E-state index is -4.76. The van der Waals surface area contributed by atoms with Crippen molar-refractivity contribution in [3.8, 4) is 0 Å². The number of halogens is 3. The Morgan fingerprint density at radius 3 is 2.59 bits per heavy atom. The van der Waals surface area contributed by atoms with E-state index >= 15 is 0 Å². The van der Waals surface area contributed by atoms with Gasteiger partial charge in [-0.2, -0.15) is 13.2 Å². The number of benzene rings is 1. The summed E-state index contributed by atoms with van der Waals surface area (Å²) >= 11 is 0. The number of aromatic nitrogens is 3.